The van der Waals surface area contributed by atoms with E-state index in [1.165, 1.54) is 30.3 Å². The number of amides is 1. The molecule has 0 unspecified atom stereocenters. The van der Waals surface area contributed by atoms with Crippen molar-refractivity contribution in [1.82, 2.24) is 5.16 Å². The zero-order valence-corrected chi connectivity index (χ0v) is 10.8. The quantitative estimate of drug-likeness (QED) is 0.863. The van der Waals surface area contributed by atoms with Crippen molar-refractivity contribution in [1.29, 1.82) is 0 Å². The van der Waals surface area contributed by atoms with E-state index in [1.54, 1.807) is 6.92 Å². The number of nitrogens with one attached hydrogen (secondary N) is 1. The Morgan fingerprint density at radius 1 is 1.32 bits per heavy atom. The van der Waals surface area contributed by atoms with Gasteiger partial charge in [0.05, 0.1) is 4.90 Å². The molecule has 0 saturated heterocycles. The van der Waals surface area contributed by atoms with E-state index < -0.39 is 15.9 Å². The Morgan fingerprint density at radius 2 is 1.95 bits per heavy atom. The van der Waals surface area contributed by atoms with Crippen molar-refractivity contribution in [2.24, 2.45) is 5.73 Å². The maximum atomic E-state index is 12.0. The van der Waals surface area contributed by atoms with Gasteiger partial charge in [-0.25, -0.2) is 8.42 Å². The summed E-state index contributed by atoms with van der Waals surface area (Å²) >= 11 is 0. The molecule has 0 fully saturated rings. The van der Waals surface area contributed by atoms with Gasteiger partial charge in [0.2, 0.25) is 5.91 Å². The van der Waals surface area contributed by atoms with E-state index in [4.69, 9.17) is 10.3 Å². The number of primary amides is 1. The van der Waals surface area contributed by atoms with E-state index in [9.17, 15) is 13.2 Å². The molecule has 0 aliphatic heterocycles. The number of rotatable bonds is 4. The average Bonchev–Trinajstić information content (AvgIpc) is 2.74. The first-order valence-corrected chi connectivity index (χ1v) is 6.73. The van der Waals surface area contributed by atoms with Gasteiger partial charge in [-0.3, -0.25) is 9.52 Å². The molecule has 0 radical (unpaired) electrons. The first-order valence-electron chi connectivity index (χ1n) is 5.24. The first kappa shape index (κ1) is 13.1. The molecule has 8 heteroatoms. The third-order valence-electron chi connectivity index (χ3n) is 2.32. The van der Waals surface area contributed by atoms with Crippen LogP contribution in [0.25, 0.3) is 0 Å². The standard InChI is InChI=1S/C11H11N3O4S/c1-7-6-10(13-18-7)14-19(16,17)9-4-2-8(3-5-9)11(12)15/h2-6H,1H3,(H2,12,15)(H,13,14). The highest BCUT2D eigenvalue weighted by molar-refractivity contribution is 7.92. The summed E-state index contributed by atoms with van der Waals surface area (Å²) in [5.41, 5.74) is 5.31. The number of hydrogen-bond donors (Lipinski definition) is 2. The van der Waals surface area contributed by atoms with Gasteiger partial charge in [-0.1, -0.05) is 5.16 Å². The smallest absolute Gasteiger partial charge is 0.263 e. The zero-order chi connectivity index (χ0) is 14.0. The fourth-order valence-corrected chi connectivity index (χ4v) is 2.39. The highest BCUT2D eigenvalue weighted by Crippen LogP contribution is 2.16. The van der Waals surface area contributed by atoms with Crippen molar-refractivity contribution in [2.75, 3.05) is 4.72 Å². The van der Waals surface area contributed by atoms with Crippen LogP contribution in [0, 0.1) is 6.92 Å². The van der Waals surface area contributed by atoms with Crippen molar-refractivity contribution in [3.05, 3.63) is 41.7 Å². The van der Waals surface area contributed by atoms with Crippen LogP contribution in [0.15, 0.2) is 39.8 Å². The molecule has 2 rings (SSSR count). The van der Waals surface area contributed by atoms with E-state index in [2.05, 4.69) is 9.88 Å². The second kappa shape index (κ2) is 4.73. The number of aryl methyl sites for hydroxylation is 1. The van der Waals surface area contributed by atoms with Crippen molar-refractivity contribution in [3.63, 3.8) is 0 Å². The largest absolute Gasteiger partial charge is 0.366 e. The van der Waals surface area contributed by atoms with Crippen LogP contribution in [-0.2, 0) is 10.0 Å². The van der Waals surface area contributed by atoms with Crippen LogP contribution in [0.4, 0.5) is 5.82 Å². The van der Waals surface area contributed by atoms with Crippen LogP contribution in [0.2, 0.25) is 0 Å². The molecule has 1 heterocycles. The Labute approximate surface area is 109 Å². The van der Waals surface area contributed by atoms with Crippen molar-refractivity contribution < 1.29 is 17.7 Å². The summed E-state index contributed by atoms with van der Waals surface area (Å²) in [5.74, 6) is -0.0395. The van der Waals surface area contributed by atoms with E-state index in [-0.39, 0.29) is 16.3 Å². The number of sulfonamides is 1. The van der Waals surface area contributed by atoms with Crippen LogP contribution in [0.5, 0.6) is 0 Å². The molecule has 1 aromatic carbocycles. The molecule has 0 aliphatic carbocycles. The predicted molar refractivity (Wildman–Crippen MR) is 67.0 cm³/mol. The van der Waals surface area contributed by atoms with Gasteiger partial charge in [-0.05, 0) is 31.2 Å². The SMILES string of the molecule is Cc1cc(NS(=O)(=O)c2ccc(C(N)=O)cc2)no1. The third-order valence-corrected chi connectivity index (χ3v) is 3.69. The van der Waals surface area contributed by atoms with Crippen molar-refractivity contribution in [3.8, 4) is 0 Å². The number of benzene rings is 1. The summed E-state index contributed by atoms with van der Waals surface area (Å²) in [4.78, 5) is 10.9. The minimum Gasteiger partial charge on any atom is -0.366 e. The number of carbonyl (C=O) groups excluding carboxylic acids is 1. The average molecular weight is 281 g/mol. The molecule has 0 bridgehead atoms. The Balaban J connectivity index is 2.26. The number of anilines is 1. The van der Waals surface area contributed by atoms with E-state index in [0.29, 0.717) is 5.76 Å². The Hall–Kier alpha value is -2.35. The molecule has 0 aliphatic rings. The van der Waals surface area contributed by atoms with Gasteiger partial charge in [0.15, 0.2) is 5.82 Å². The highest BCUT2D eigenvalue weighted by atomic mass is 32.2. The second-order valence-corrected chi connectivity index (χ2v) is 5.50. The lowest BCUT2D eigenvalue weighted by Gasteiger charge is -2.05. The normalized spacial score (nSPS) is 11.2. The number of hydrogen-bond acceptors (Lipinski definition) is 5. The Bertz CT molecular complexity index is 704. The lowest BCUT2D eigenvalue weighted by molar-refractivity contribution is 0.1000. The second-order valence-electron chi connectivity index (χ2n) is 3.82. The lowest BCUT2D eigenvalue weighted by atomic mass is 10.2. The van der Waals surface area contributed by atoms with Gasteiger partial charge in [-0.15, -0.1) is 0 Å². The van der Waals surface area contributed by atoms with Gasteiger partial charge in [-0.2, -0.15) is 0 Å². The topological polar surface area (TPSA) is 115 Å². The number of nitrogens with two attached hydrogens (primary N) is 1. The number of carbonyl (C=O) groups is 1. The summed E-state index contributed by atoms with van der Waals surface area (Å²) in [7, 11) is -3.77. The van der Waals surface area contributed by atoms with Gasteiger partial charge in [0.25, 0.3) is 10.0 Å². The molecule has 19 heavy (non-hydrogen) atoms. The van der Waals surface area contributed by atoms with E-state index in [0.717, 1.165) is 0 Å². The molecular formula is C11H11N3O4S. The number of nitrogens with zero attached hydrogens (tertiary/aromatic N) is 1. The van der Waals surface area contributed by atoms with Crippen LogP contribution in [-0.4, -0.2) is 19.5 Å². The van der Waals surface area contributed by atoms with Gasteiger partial charge in [0.1, 0.15) is 5.76 Å². The van der Waals surface area contributed by atoms with Crippen LogP contribution in [0.3, 0.4) is 0 Å². The fourth-order valence-electron chi connectivity index (χ4n) is 1.41. The van der Waals surface area contributed by atoms with E-state index >= 15 is 0 Å². The molecule has 0 saturated carbocycles. The van der Waals surface area contributed by atoms with Crippen LogP contribution >= 0.6 is 0 Å². The molecule has 100 valence electrons. The van der Waals surface area contributed by atoms with Crippen LogP contribution in [0.1, 0.15) is 16.1 Å². The lowest BCUT2D eigenvalue weighted by Crippen LogP contribution is -2.14. The van der Waals surface area contributed by atoms with E-state index in [1.807, 2.05) is 0 Å². The monoisotopic (exact) mass is 281 g/mol. The maximum Gasteiger partial charge on any atom is 0.263 e. The Kier molecular flexibility index (Phi) is 3.26. The predicted octanol–water partition coefficient (Wildman–Crippen LogP) is 0.883. The number of aromatic nitrogens is 1. The molecule has 7 nitrogen and oxygen atoms in total. The molecule has 1 aromatic heterocycles. The fraction of sp³-hybridized carbons (Fsp3) is 0.0909. The summed E-state index contributed by atoms with van der Waals surface area (Å²) in [6.07, 6.45) is 0. The van der Waals surface area contributed by atoms with Crippen molar-refractivity contribution in [2.45, 2.75) is 11.8 Å². The molecule has 2 aromatic rings. The molecule has 3 N–H and O–H groups in total. The molecular weight excluding hydrogens is 270 g/mol. The molecule has 0 spiro atoms. The minimum atomic E-state index is -3.77. The summed E-state index contributed by atoms with van der Waals surface area (Å²) in [6.45, 7) is 1.65. The Morgan fingerprint density at radius 3 is 2.42 bits per heavy atom. The first-order chi connectivity index (χ1) is 8.88. The summed E-state index contributed by atoms with van der Waals surface area (Å²) < 4.78 is 31.0. The maximum absolute atomic E-state index is 12.0. The van der Waals surface area contributed by atoms with Gasteiger partial charge in [0, 0.05) is 11.6 Å². The van der Waals surface area contributed by atoms with Gasteiger partial charge >= 0.3 is 0 Å². The highest BCUT2D eigenvalue weighted by Gasteiger charge is 2.16. The van der Waals surface area contributed by atoms with Crippen molar-refractivity contribution >= 4 is 21.7 Å². The van der Waals surface area contributed by atoms with Crippen LogP contribution < -0.4 is 10.5 Å². The third kappa shape index (κ3) is 2.91. The zero-order valence-electron chi connectivity index (χ0n) is 9.95. The summed E-state index contributed by atoms with van der Waals surface area (Å²) in [6, 6.07) is 6.70. The molecule has 0 atom stereocenters. The molecule has 1 amide bonds. The summed E-state index contributed by atoms with van der Waals surface area (Å²) in [5, 5.41) is 3.53. The van der Waals surface area contributed by atoms with Gasteiger partial charge < -0.3 is 10.3 Å². The minimum absolute atomic E-state index is 0.00171.